The number of hydrogen-bond acceptors (Lipinski definition) is 4. The first-order valence-electron chi connectivity index (χ1n) is 7.15. The minimum Gasteiger partial charge on any atom is -0.465 e. The number of nitrogens with zero attached hydrogens (tertiary/aromatic N) is 1. The third kappa shape index (κ3) is 3.58. The van der Waals surface area contributed by atoms with Crippen LogP contribution in [-0.2, 0) is 11.3 Å². The van der Waals surface area contributed by atoms with Crippen molar-refractivity contribution in [1.82, 2.24) is 10.2 Å². The van der Waals surface area contributed by atoms with Gasteiger partial charge in [-0.25, -0.2) is 4.79 Å². The second-order valence-electron chi connectivity index (χ2n) is 5.78. The first-order chi connectivity index (χ1) is 9.56. The molecule has 0 atom stereocenters. The van der Waals surface area contributed by atoms with Crippen LogP contribution in [-0.4, -0.2) is 43.7 Å². The Bertz CT molecular complexity index is 465. The number of hydrogen-bond donors (Lipinski definition) is 1. The van der Waals surface area contributed by atoms with Crippen molar-refractivity contribution in [3.05, 3.63) is 35.4 Å². The molecule has 4 heteroatoms. The molecule has 0 radical (unpaired) electrons. The molecule has 0 unspecified atom stereocenters. The molecule has 0 spiro atoms. The zero-order valence-electron chi connectivity index (χ0n) is 12.6. The van der Waals surface area contributed by atoms with Crippen molar-refractivity contribution in [1.29, 1.82) is 0 Å². The van der Waals surface area contributed by atoms with Gasteiger partial charge in [-0.15, -0.1) is 0 Å². The van der Waals surface area contributed by atoms with Gasteiger partial charge in [-0.2, -0.15) is 0 Å². The molecule has 4 nitrogen and oxygen atoms in total. The zero-order chi connectivity index (χ0) is 14.6. The van der Waals surface area contributed by atoms with Crippen LogP contribution in [0.2, 0.25) is 0 Å². The number of benzene rings is 1. The number of likely N-dealkylation sites (tertiary alicyclic amines) is 1. The van der Waals surface area contributed by atoms with Crippen LogP contribution in [0.1, 0.15) is 35.7 Å². The van der Waals surface area contributed by atoms with Crippen LogP contribution in [0.4, 0.5) is 0 Å². The molecule has 1 saturated heterocycles. The van der Waals surface area contributed by atoms with Crippen LogP contribution in [0.15, 0.2) is 24.3 Å². The Morgan fingerprint density at radius 1 is 1.40 bits per heavy atom. The van der Waals surface area contributed by atoms with Crippen LogP contribution >= 0.6 is 0 Å². The molecule has 1 heterocycles. The molecular weight excluding hydrogens is 252 g/mol. The van der Waals surface area contributed by atoms with E-state index in [1.54, 1.807) is 6.07 Å². The third-order valence-corrected chi connectivity index (χ3v) is 4.32. The summed E-state index contributed by atoms with van der Waals surface area (Å²) >= 11 is 0. The van der Waals surface area contributed by atoms with E-state index in [0.29, 0.717) is 5.56 Å². The fourth-order valence-corrected chi connectivity index (χ4v) is 2.63. The zero-order valence-corrected chi connectivity index (χ0v) is 12.6. The van der Waals surface area contributed by atoms with E-state index in [0.717, 1.165) is 32.5 Å². The van der Waals surface area contributed by atoms with E-state index >= 15 is 0 Å². The molecule has 0 saturated carbocycles. The lowest BCUT2D eigenvalue weighted by molar-refractivity contribution is 0.0600. The molecule has 0 bridgehead atoms. The lowest BCUT2D eigenvalue weighted by Crippen LogP contribution is -2.49. The van der Waals surface area contributed by atoms with E-state index < -0.39 is 0 Å². The van der Waals surface area contributed by atoms with E-state index in [4.69, 9.17) is 4.74 Å². The highest BCUT2D eigenvalue weighted by atomic mass is 16.5. The number of nitrogens with one attached hydrogen (secondary N) is 1. The molecule has 20 heavy (non-hydrogen) atoms. The minimum atomic E-state index is -0.270. The van der Waals surface area contributed by atoms with Crippen molar-refractivity contribution < 1.29 is 9.53 Å². The maximum absolute atomic E-state index is 11.5. The first-order valence-corrected chi connectivity index (χ1v) is 7.15. The smallest absolute Gasteiger partial charge is 0.337 e. The molecule has 1 aromatic rings. The van der Waals surface area contributed by atoms with Crippen LogP contribution in [0.5, 0.6) is 0 Å². The van der Waals surface area contributed by atoms with E-state index in [-0.39, 0.29) is 11.5 Å². The monoisotopic (exact) mass is 276 g/mol. The second-order valence-corrected chi connectivity index (χ2v) is 5.78. The first kappa shape index (κ1) is 15.0. The van der Waals surface area contributed by atoms with Gasteiger partial charge in [0.2, 0.25) is 0 Å². The Labute approximate surface area is 121 Å². The van der Waals surface area contributed by atoms with Crippen LogP contribution in [0, 0.1) is 0 Å². The van der Waals surface area contributed by atoms with E-state index in [1.807, 2.05) is 19.2 Å². The van der Waals surface area contributed by atoms with Gasteiger partial charge in [0.05, 0.1) is 12.7 Å². The molecule has 2 rings (SSSR count). The van der Waals surface area contributed by atoms with Crippen molar-refractivity contribution in [2.45, 2.75) is 31.8 Å². The van der Waals surface area contributed by atoms with E-state index in [2.05, 4.69) is 23.2 Å². The van der Waals surface area contributed by atoms with Crippen molar-refractivity contribution >= 4 is 5.97 Å². The molecule has 1 aliphatic rings. The van der Waals surface area contributed by atoms with Gasteiger partial charge >= 0.3 is 5.97 Å². The normalized spacial score (nSPS) is 18.8. The topological polar surface area (TPSA) is 41.6 Å². The van der Waals surface area contributed by atoms with Gasteiger partial charge in [0.15, 0.2) is 0 Å². The van der Waals surface area contributed by atoms with E-state index in [1.165, 1.54) is 12.7 Å². The quantitative estimate of drug-likeness (QED) is 0.855. The summed E-state index contributed by atoms with van der Waals surface area (Å²) in [5.41, 5.74) is 2.06. The molecule has 1 fully saturated rings. The minimum absolute atomic E-state index is 0.268. The van der Waals surface area contributed by atoms with Crippen molar-refractivity contribution in [3.63, 3.8) is 0 Å². The molecule has 1 N–H and O–H groups in total. The van der Waals surface area contributed by atoms with Crippen molar-refractivity contribution in [3.8, 4) is 0 Å². The number of ether oxygens (including phenoxy) is 1. The molecule has 0 aromatic heterocycles. The number of carbonyl (C=O) groups is 1. The Morgan fingerprint density at radius 3 is 2.70 bits per heavy atom. The largest absolute Gasteiger partial charge is 0.465 e. The number of esters is 1. The van der Waals surface area contributed by atoms with Crippen LogP contribution in [0.25, 0.3) is 0 Å². The fourth-order valence-electron chi connectivity index (χ4n) is 2.63. The van der Waals surface area contributed by atoms with Crippen LogP contribution in [0.3, 0.4) is 0 Å². The summed E-state index contributed by atoms with van der Waals surface area (Å²) in [5, 5.41) is 3.41. The maximum atomic E-state index is 11.5. The highest BCUT2D eigenvalue weighted by molar-refractivity contribution is 5.89. The van der Waals surface area contributed by atoms with Crippen LogP contribution < -0.4 is 5.32 Å². The molecule has 1 aromatic carbocycles. The number of carbonyl (C=O) groups excluding carboxylic acids is 1. The number of rotatable bonds is 4. The average Bonchev–Trinajstić information content (AvgIpc) is 2.49. The van der Waals surface area contributed by atoms with Gasteiger partial charge < -0.3 is 10.1 Å². The molecule has 110 valence electrons. The average molecular weight is 276 g/mol. The van der Waals surface area contributed by atoms with Gasteiger partial charge in [0.25, 0.3) is 0 Å². The highest BCUT2D eigenvalue weighted by Crippen LogP contribution is 2.22. The molecule has 0 amide bonds. The standard InChI is InChI=1S/C16H24N2O2/c1-16(17-2)7-9-18(10-8-16)12-13-5-4-6-14(11-13)15(19)20-3/h4-6,11,17H,7-10,12H2,1-3H3. The van der Waals surface area contributed by atoms with E-state index in [9.17, 15) is 4.79 Å². The Kier molecular flexibility index (Phi) is 4.78. The fraction of sp³-hybridized carbons (Fsp3) is 0.562. The van der Waals surface area contributed by atoms with Crippen molar-refractivity contribution in [2.75, 3.05) is 27.2 Å². The van der Waals surface area contributed by atoms with Gasteiger partial charge in [-0.3, -0.25) is 4.90 Å². The Hall–Kier alpha value is -1.39. The molecular formula is C16H24N2O2. The summed E-state index contributed by atoms with van der Waals surface area (Å²) in [6.07, 6.45) is 2.31. The Morgan fingerprint density at radius 2 is 2.10 bits per heavy atom. The predicted molar refractivity (Wildman–Crippen MR) is 79.8 cm³/mol. The summed E-state index contributed by atoms with van der Waals surface area (Å²) in [4.78, 5) is 14.0. The van der Waals surface area contributed by atoms with Crippen molar-refractivity contribution in [2.24, 2.45) is 0 Å². The van der Waals surface area contributed by atoms with Gasteiger partial charge in [0, 0.05) is 25.2 Å². The maximum Gasteiger partial charge on any atom is 0.337 e. The third-order valence-electron chi connectivity index (χ3n) is 4.32. The lowest BCUT2D eigenvalue weighted by atomic mass is 9.90. The number of methoxy groups -OCH3 is 1. The summed E-state index contributed by atoms with van der Waals surface area (Å²) in [6.45, 7) is 5.34. The van der Waals surface area contributed by atoms with Gasteiger partial charge in [0.1, 0.15) is 0 Å². The molecule has 1 aliphatic heterocycles. The highest BCUT2D eigenvalue weighted by Gasteiger charge is 2.28. The van der Waals surface area contributed by atoms with Gasteiger partial charge in [-0.05, 0) is 44.5 Å². The SMILES string of the molecule is CNC1(C)CCN(Cc2cccc(C(=O)OC)c2)CC1. The number of piperidine rings is 1. The van der Waals surface area contributed by atoms with Gasteiger partial charge in [-0.1, -0.05) is 12.1 Å². The Balaban J connectivity index is 1.96. The summed E-state index contributed by atoms with van der Waals surface area (Å²) in [7, 11) is 3.45. The second kappa shape index (κ2) is 6.37. The molecule has 0 aliphatic carbocycles. The summed E-state index contributed by atoms with van der Waals surface area (Å²) in [6, 6.07) is 7.71. The lowest BCUT2D eigenvalue weighted by Gasteiger charge is -2.39. The summed E-state index contributed by atoms with van der Waals surface area (Å²) in [5.74, 6) is -0.270. The predicted octanol–water partition coefficient (Wildman–Crippen LogP) is 2.05. The summed E-state index contributed by atoms with van der Waals surface area (Å²) < 4.78 is 4.76.